The highest BCUT2D eigenvalue weighted by molar-refractivity contribution is 5.97. The average Bonchev–Trinajstić information content (AvgIpc) is 2.69. The first kappa shape index (κ1) is 20.5. The van der Waals surface area contributed by atoms with Gasteiger partial charge in [0.25, 0.3) is 5.91 Å². The van der Waals surface area contributed by atoms with Crippen LogP contribution in [0.25, 0.3) is 0 Å². The molecule has 2 N–H and O–H groups in total. The summed E-state index contributed by atoms with van der Waals surface area (Å²) < 4.78 is 0. The smallest absolute Gasteiger partial charge is 0.251 e. The Hall–Kier alpha value is -2.82. The number of phenolic OH excluding ortho intramolecular Hbond substituents is 1. The molecule has 0 aliphatic rings. The van der Waals surface area contributed by atoms with Crippen LogP contribution < -0.4 is 5.32 Å². The Morgan fingerprint density at radius 2 is 1.56 bits per heavy atom. The first-order valence-corrected chi connectivity index (χ1v) is 9.47. The molecule has 0 aliphatic heterocycles. The minimum Gasteiger partial charge on any atom is -0.508 e. The topological polar surface area (TPSA) is 69.6 Å². The number of benzene rings is 2. The maximum absolute atomic E-state index is 13.1. The molecule has 0 saturated heterocycles. The SMILES string of the molecule is CCCN(CCC)C(=O)[C@@H](Cc1ccc(O)cc1)NC(=O)c1ccccc1. The lowest BCUT2D eigenvalue weighted by atomic mass is 10.0. The fraction of sp³-hybridized carbons (Fsp3) is 0.364. The number of phenols is 1. The van der Waals surface area contributed by atoms with Gasteiger partial charge in [-0.25, -0.2) is 0 Å². The number of aromatic hydroxyl groups is 1. The monoisotopic (exact) mass is 368 g/mol. The van der Waals surface area contributed by atoms with Crippen molar-refractivity contribution in [1.29, 1.82) is 0 Å². The predicted octanol–water partition coefficient (Wildman–Crippen LogP) is 3.38. The Labute approximate surface area is 161 Å². The van der Waals surface area contributed by atoms with E-state index in [0.717, 1.165) is 18.4 Å². The van der Waals surface area contributed by atoms with Crippen LogP contribution in [-0.4, -0.2) is 41.0 Å². The lowest BCUT2D eigenvalue weighted by Gasteiger charge is -2.27. The molecule has 2 aromatic carbocycles. The molecule has 144 valence electrons. The van der Waals surface area contributed by atoms with Gasteiger partial charge in [-0.3, -0.25) is 9.59 Å². The summed E-state index contributed by atoms with van der Waals surface area (Å²) in [7, 11) is 0. The molecule has 0 radical (unpaired) electrons. The Morgan fingerprint density at radius 3 is 2.11 bits per heavy atom. The fourth-order valence-corrected chi connectivity index (χ4v) is 2.99. The van der Waals surface area contributed by atoms with Gasteiger partial charge in [0.15, 0.2) is 0 Å². The Bertz CT molecular complexity index is 723. The van der Waals surface area contributed by atoms with Gasteiger partial charge in [0.2, 0.25) is 5.91 Å². The van der Waals surface area contributed by atoms with Crippen molar-refractivity contribution < 1.29 is 14.7 Å². The summed E-state index contributed by atoms with van der Waals surface area (Å²) in [4.78, 5) is 27.6. The van der Waals surface area contributed by atoms with Crippen LogP contribution in [0.5, 0.6) is 5.75 Å². The summed E-state index contributed by atoms with van der Waals surface area (Å²) in [6.07, 6.45) is 2.11. The maximum Gasteiger partial charge on any atom is 0.251 e. The quantitative estimate of drug-likeness (QED) is 0.713. The van der Waals surface area contributed by atoms with E-state index in [-0.39, 0.29) is 17.6 Å². The van der Waals surface area contributed by atoms with Crippen molar-refractivity contribution in [3.8, 4) is 5.75 Å². The first-order valence-electron chi connectivity index (χ1n) is 9.47. The van der Waals surface area contributed by atoms with Gasteiger partial charge in [-0.1, -0.05) is 44.2 Å². The second-order valence-electron chi connectivity index (χ2n) is 6.59. The highest BCUT2D eigenvalue weighted by atomic mass is 16.3. The third kappa shape index (κ3) is 6.13. The number of carbonyl (C=O) groups is 2. The lowest BCUT2D eigenvalue weighted by Crippen LogP contribution is -2.50. The van der Waals surface area contributed by atoms with Crippen LogP contribution >= 0.6 is 0 Å². The molecule has 5 heteroatoms. The van der Waals surface area contributed by atoms with Crippen molar-refractivity contribution in [2.75, 3.05) is 13.1 Å². The van der Waals surface area contributed by atoms with Crippen molar-refractivity contribution in [1.82, 2.24) is 10.2 Å². The molecule has 0 fully saturated rings. The number of rotatable bonds is 9. The molecule has 27 heavy (non-hydrogen) atoms. The van der Waals surface area contributed by atoms with Crippen molar-refractivity contribution in [2.45, 2.75) is 39.2 Å². The first-order chi connectivity index (χ1) is 13.0. The molecule has 0 heterocycles. The third-order valence-corrected chi connectivity index (χ3v) is 4.31. The van der Waals surface area contributed by atoms with Crippen molar-refractivity contribution in [3.05, 3.63) is 65.7 Å². The van der Waals surface area contributed by atoms with E-state index in [1.807, 2.05) is 24.8 Å². The maximum atomic E-state index is 13.1. The molecule has 2 aromatic rings. The van der Waals surface area contributed by atoms with Gasteiger partial charge in [0, 0.05) is 25.1 Å². The average molecular weight is 368 g/mol. The largest absolute Gasteiger partial charge is 0.508 e. The molecule has 0 spiro atoms. The summed E-state index contributed by atoms with van der Waals surface area (Å²) in [6.45, 7) is 5.40. The van der Waals surface area contributed by atoms with Crippen LogP contribution in [0.3, 0.4) is 0 Å². The second kappa shape index (κ2) is 10.4. The van der Waals surface area contributed by atoms with E-state index in [9.17, 15) is 14.7 Å². The number of nitrogens with zero attached hydrogens (tertiary/aromatic N) is 1. The van der Waals surface area contributed by atoms with Crippen LogP contribution in [-0.2, 0) is 11.2 Å². The highest BCUT2D eigenvalue weighted by Gasteiger charge is 2.26. The lowest BCUT2D eigenvalue weighted by molar-refractivity contribution is -0.133. The molecular weight excluding hydrogens is 340 g/mol. The van der Waals surface area contributed by atoms with E-state index < -0.39 is 6.04 Å². The van der Waals surface area contributed by atoms with Crippen LogP contribution in [0.15, 0.2) is 54.6 Å². The number of amides is 2. The third-order valence-electron chi connectivity index (χ3n) is 4.31. The normalized spacial score (nSPS) is 11.6. The zero-order valence-corrected chi connectivity index (χ0v) is 16.0. The molecule has 5 nitrogen and oxygen atoms in total. The molecule has 1 atom stereocenters. The summed E-state index contributed by atoms with van der Waals surface area (Å²) in [5.41, 5.74) is 1.41. The molecule has 2 amide bonds. The number of hydrogen-bond donors (Lipinski definition) is 2. The van der Waals surface area contributed by atoms with Crippen LogP contribution in [0.4, 0.5) is 0 Å². The molecular formula is C22H28N2O3. The van der Waals surface area contributed by atoms with Crippen molar-refractivity contribution >= 4 is 11.8 Å². The van der Waals surface area contributed by atoms with E-state index >= 15 is 0 Å². The highest BCUT2D eigenvalue weighted by Crippen LogP contribution is 2.13. The number of nitrogens with one attached hydrogen (secondary N) is 1. The van der Waals surface area contributed by atoms with Gasteiger partial charge >= 0.3 is 0 Å². The molecule has 2 rings (SSSR count). The van der Waals surface area contributed by atoms with Crippen LogP contribution in [0, 0.1) is 0 Å². The van der Waals surface area contributed by atoms with Gasteiger partial charge < -0.3 is 15.3 Å². The molecule has 0 unspecified atom stereocenters. The summed E-state index contributed by atoms with van der Waals surface area (Å²) in [6, 6.07) is 15.0. The summed E-state index contributed by atoms with van der Waals surface area (Å²) in [5.74, 6) is -0.162. The molecule has 0 bridgehead atoms. The van der Waals surface area contributed by atoms with Crippen molar-refractivity contribution in [3.63, 3.8) is 0 Å². The minimum absolute atomic E-state index is 0.0731. The summed E-state index contributed by atoms with van der Waals surface area (Å²) in [5, 5.41) is 12.4. The van der Waals surface area contributed by atoms with E-state index in [1.165, 1.54) is 0 Å². The Kier molecular flexibility index (Phi) is 7.86. The van der Waals surface area contributed by atoms with Gasteiger partial charge in [-0.15, -0.1) is 0 Å². The zero-order valence-electron chi connectivity index (χ0n) is 16.0. The van der Waals surface area contributed by atoms with Gasteiger partial charge in [0.05, 0.1) is 0 Å². The van der Waals surface area contributed by atoms with E-state index in [2.05, 4.69) is 5.32 Å². The Balaban J connectivity index is 2.22. The zero-order chi connectivity index (χ0) is 19.6. The second-order valence-corrected chi connectivity index (χ2v) is 6.59. The Morgan fingerprint density at radius 1 is 0.963 bits per heavy atom. The van der Waals surface area contributed by atoms with E-state index in [1.54, 1.807) is 48.5 Å². The van der Waals surface area contributed by atoms with E-state index in [4.69, 9.17) is 0 Å². The van der Waals surface area contributed by atoms with Crippen LogP contribution in [0.2, 0.25) is 0 Å². The number of carbonyl (C=O) groups excluding carboxylic acids is 2. The predicted molar refractivity (Wildman–Crippen MR) is 107 cm³/mol. The number of hydrogen-bond acceptors (Lipinski definition) is 3. The van der Waals surface area contributed by atoms with Crippen molar-refractivity contribution in [2.24, 2.45) is 0 Å². The summed E-state index contributed by atoms with van der Waals surface area (Å²) >= 11 is 0. The van der Waals surface area contributed by atoms with Crippen LogP contribution in [0.1, 0.15) is 42.6 Å². The van der Waals surface area contributed by atoms with Gasteiger partial charge in [-0.05, 0) is 42.7 Å². The van der Waals surface area contributed by atoms with E-state index in [0.29, 0.717) is 25.1 Å². The standard InChI is InChI=1S/C22H28N2O3/c1-3-14-24(15-4-2)22(27)20(16-17-10-12-19(25)13-11-17)23-21(26)18-8-6-5-7-9-18/h5-13,20,25H,3-4,14-16H2,1-2H3,(H,23,26)/t20-/m1/s1. The fourth-order valence-electron chi connectivity index (χ4n) is 2.99. The molecule has 0 saturated carbocycles. The molecule has 0 aliphatic carbocycles. The minimum atomic E-state index is -0.652. The molecule has 0 aromatic heterocycles. The van der Waals surface area contributed by atoms with Gasteiger partial charge in [-0.2, -0.15) is 0 Å². The van der Waals surface area contributed by atoms with Gasteiger partial charge in [0.1, 0.15) is 11.8 Å².